The van der Waals surface area contributed by atoms with Crippen LogP contribution in [0, 0.1) is 0 Å². The fraction of sp³-hybridized carbons (Fsp3) is 0.579. The number of nitrogens with two attached hydrogens (primary N) is 1. The fourth-order valence-electron chi connectivity index (χ4n) is 4.79. The van der Waals surface area contributed by atoms with Gasteiger partial charge in [0.2, 0.25) is 5.95 Å². The van der Waals surface area contributed by atoms with E-state index in [1.54, 1.807) is 13.8 Å². The van der Waals surface area contributed by atoms with E-state index in [0.717, 1.165) is 20.8 Å². The van der Waals surface area contributed by atoms with Gasteiger partial charge in [-0.3, -0.25) is 18.9 Å². The van der Waals surface area contributed by atoms with Gasteiger partial charge in [0, 0.05) is 0 Å². The third-order valence-electron chi connectivity index (χ3n) is 6.60. The number of aliphatic hydroxyl groups is 1. The molecule has 0 spiro atoms. The number of hydrogen-bond donors (Lipinski definition) is 9. The van der Waals surface area contributed by atoms with Crippen molar-refractivity contribution in [3.05, 3.63) is 28.3 Å². The second-order valence-corrected chi connectivity index (χ2v) is 15.6. The number of hydrogen-bond acceptors (Lipinski definition) is 15. The maximum absolute atomic E-state index is 13.3. The summed E-state index contributed by atoms with van der Waals surface area (Å²) in [6.45, 7) is 5.17. The van der Waals surface area contributed by atoms with Gasteiger partial charge in [0.15, 0.2) is 23.5 Å². The minimum atomic E-state index is -5.61. The maximum Gasteiger partial charge on any atom is 0.480 e. The normalized spacial score (nSPS) is 28.0. The minimum Gasteiger partial charge on any atom is -0.453 e. The molecule has 22 nitrogen and oxygen atoms in total. The monoisotopic (exact) mass is 689 g/mol. The van der Waals surface area contributed by atoms with Crippen molar-refractivity contribution in [1.29, 1.82) is 0 Å². The first kappa shape index (κ1) is 34.5. The van der Waals surface area contributed by atoms with Crippen LogP contribution in [0.1, 0.15) is 33.9 Å². The number of carbonyl (C=O) groups is 1. The van der Waals surface area contributed by atoms with Gasteiger partial charge in [-0.25, -0.2) is 23.5 Å². The zero-order valence-electron chi connectivity index (χ0n) is 23.2. The molecule has 4 rings (SSSR count). The Balaban J connectivity index is 1.64. The number of rotatable bonds is 10. The first-order valence-electron chi connectivity index (χ1n) is 12.3. The summed E-state index contributed by atoms with van der Waals surface area (Å²) in [5, 5.41) is 22.7. The Morgan fingerprint density at radius 1 is 1.20 bits per heavy atom. The third kappa shape index (κ3) is 7.04. The molecule has 2 aromatic rings. The van der Waals surface area contributed by atoms with E-state index in [9.17, 15) is 43.4 Å². The lowest BCUT2D eigenvalue weighted by Gasteiger charge is -2.35. The van der Waals surface area contributed by atoms with E-state index in [1.807, 2.05) is 0 Å². The van der Waals surface area contributed by atoms with Crippen molar-refractivity contribution in [2.45, 2.75) is 63.3 Å². The highest BCUT2D eigenvalue weighted by atomic mass is 31.3. The number of ether oxygens (including phenoxy) is 2. The van der Waals surface area contributed by atoms with Crippen LogP contribution in [0.5, 0.6) is 0 Å². The summed E-state index contributed by atoms with van der Waals surface area (Å²) in [5.74, 6) is -1.36. The second-order valence-electron chi connectivity index (χ2n) is 10.8. The lowest BCUT2D eigenvalue weighted by molar-refractivity contribution is -0.189. The molecule has 0 amide bonds. The number of nitrogen functional groups attached to an aromatic ring is 1. The Morgan fingerprint density at radius 3 is 2.41 bits per heavy atom. The van der Waals surface area contributed by atoms with Gasteiger partial charge in [-0.2, -0.15) is 14.4 Å². The number of nitrogens with zero attached hydrogens (tertiary/aromatic N) is 4. The summed E-state index contributed by atoms with van der Waals surface area (Å²) in [6.07, 6.45) is -4.24. The molecule has 6 atom stereocenters. The molecule has 10 N–H and O–H groups in total. The van der Waals surface area contributed by atoms with Gasteiger partial charge in [0.05, 0.1) is 29.6 Å². The average Bonchev–Trinajstić information content (AvgIpc) is 3.43. The van der Waals surface area contributed by atoms with Gasteiger partial charge in [0.1, 0.15) is 12.2 Å². The van der Waals surface area contributed by atoms with Crippen molar-refractivity contribution in [2.75, 3.05) is 12.3 Å². The van der Waals surface area contributed by atoms with E-state index in [1.165, 1.54) is 19.9 Å². The molecule has 44 heavy (non-hydrogen) atoms. The van der Waals surface area contributed by atoms with Crippen LogP contribution >= 0.6 is 23.3 Å². The Labute approximate surface area is 246 Å². The van der Waals surface area contributed by atoms with Gasteiger partial charge in [0.25, 0.3) is 5.56 Å². The number of aromatic amines is 1. The number of H-pyrrole nitrogens is 1. The molecular weight excluding hydrogens is 659 g/mol. The van der Waals surface area contributed by atoms with Crippen molar-refractivity contribution < 1.29 is 66.7 Å². The number of imidazole rings is 1. The Morgan fingerprint density at radius 2 is 1.84 bits per heavy atom. The molecule has 0 aliphatic carbocycles. The molecule has 2 aromatic heterocycles. The fourth-order valence-corrected chi connectivity index (χ4v) is 8.23. The van der Waals surface area contributed by atoms with E-state index in [2.05, 4.69) is 23.8 Å². The lowest BCUT2D eigenvalue weighted by atomic mass is 9.96. The smallest absolute Gasteiger partial charge is 0.453 e. The molecule has 2 aliphatic heterocycles. The van der Waals surface area contributed by atoms with Crippen molar-refractivity contribution >= 4 is 46.4 Å². The molecule has 4 heterocycles. The highest BCUT2D eigenvalue weighted by molar-refractivity contribution is 7.70. The van der Waals surface area contributed by atoms with E-state index < -0.39 is 77.1 Å². The molecule has 1 fully saturated rings. The maximum atomic E-state index is 13.3. The van der Waals surface area contributed by atoms with E-state index in [4.69, 9.17) is 25.0 Å². The Hall–Kier alpha value is -2.39. The number of esters is 1. The molecule has 0 bridgehead atoms. The number of fused-ring (bicyclic) bond motifs is 1. The number of aliphatic hydroxyl groups excluding tert-OH is 1. The highest BCUT2D eigenvalue weighted by Crippen LogP contribution is 2.61. The number of aromatic nitrogens is 4. The van der Waals surface area contributed by atoms with E-state index in [0.29, 0.717) is 0 Å². The van der Waals surface area contributed by atoms with Gasteiger partial charge in [-0.15, -0.1) is 4.86 Å². The highest BCUT2D eigenvalue weighted by Gasteiger charge is 2.53. The number of anilines is 1. The molecular formula is C19H30N7O15P3. The predicted molar refractivity (Wildman–Crippen MR) is 144 cm³/mol. The first-order chi connectivity index (χ1) is 19.9. The molecule has 0 aromatic carbocycles. The third-order valence-corrected chi connectivity index (χ3v) is 10.8. The van der Waals surface area contributed by atoms with Gasteiger partial charge >= 0.3 is 29.3 Å². The van der Waals surface area contributed by atoms with Crippen molar-refractivity contribution in [1.82, 2.24) is 29.4 Å². The van der Waals surface area contributed by atoms with Gasteiger partial charge in [-0.1, -0.05) is 6.08 Å². The minimum absolute atomic E-state index is 0.0322. The summed E-state index contributed by atoms with van der Waals surface area (Å²) >= 11 is 0. The van der Waals surface area contributed by atoms with Crippen LogP contribution in [0.15, 0.2) is 22.8 Å². The summed E-state index contributed by atoms with van der Waals surface area (Å²) < 4.78 is 56.2. The number of phosphoric ester groups is 1. The molecule has 0 radical (unpaired) electrons. The van der Waals surface area contributed by atoms with Gasteiger partial charge in [-0.05, 0) is 27.7 Å². The van der Waals surface area contributed by atoms with Gasteiger partial charge < -0.3 is 45.1 Å². The van der Waals surface area contributed by atoms with E-state index in [-0.39, 0.29) is 22.7 Å². The summed E-state index contributed by atoms with van der Waals surface area (Å²) in [5.41, 5.74) is 2.19. The van der Waals surface area contributed by atoms with Crippen LogP contribution in [0.3, 0.4) is 0 Å². The largest absolute Gasteiger partial charge is 0.480 e. The zero-order valence-corrected chi connectivity index (χ0v) is 25.9. The lowest BCUT2D eigenvalue weighted by Crippen LogP contribution is -2.49. The average molecular weight is 689 g/mol. The Kier molecular flexibility index (Phi) is 8.97. The first-order valence-corrected chi connectivity index (χ1v) is 17.0. The Bertz CT molecular complexity index is 1700. The van der Waals surface area contributed by atoms with Crippen molar-refractivity contribution in [3.63, 3.8) is 0 Å². The van der Waals surface area contributed by atoms with E-state index >= 15 is 0 Å². The number of phosphoric acid groups is 1. The van der Waals surface area contributed by atoms with Crippen LogP contribution in [0.25, 0.3) is 11.2 Å². The molecule has 246 valence electrons. The number of carbonyl (C=O) groups excluding carboxylic acids is 1. The van der Waals surface area contributed by atoms with Crippen LogP contribution in [0.4, 0.5) is 5.95 Å². The van der Waals surface area contributed by atoms with Crippen LogP contribution in [-0.4, -0.2) is 96.4 Å². The molecule has 2 unspecified atom stereocenters. The summed E-state index contributed by atoms with van der Waals surface area (Å²) in [7, 11) is -16.6. The molecule has 1 saturated heterocycles. The SMILES string of the molecule is CC1(C)C=C(C(=O)O[C@H]2[C@@H](O)[C@H](n3cnc4c(=O)[nH]c(N)nc43)O[C@@H]2COP(=O)(O)OP(=O)(O)NP(=O)(O)O)C(C)(C)N1O. The molecule has 2 aliphatic rings. The van der Waals surface area contributed by atoms with Crippen molar-refractivity contribution in [3.8, 4) is 0 Å². The number of hydroxylamine groups is 2. The standard InChI is InChI=1S/C19H30N7O15P3/c1-18(2)5-8(19(3,4)26(18)30)16(29)40-12-9(6-38-44(36,37)41-43(34,35)24-42(31,32)33)39-15(11(12)27)25-7-21-10-13(25)22-17(20)23-14(10)28/h5,7,9,11-12,15,27,30H,6H2,1-4H3,(H,36,37)(H3,20,22,23,28)(H4,24,31,32,33,34,35)/t9-,11-,12-,15-/m1/s1. The quantitative estimate of drug-likeness (QED) is 0.106. The number of nitrogens with one attached hydrogen (secondary N) is 2. The zero-order chi connectivity index (χ0) is 33.2. The molecule has 25 heteroatoms. The van der Waals surface area contributed by atoms with Crippen LogP contribution in [-0.2, 0) is 36.8 Å². The van der Waals surface area contributed by atoms with Crippen LogP contribution < -0.4 is 16.2 Å². The second kappa shape index (κ2) is 11.4. The van der Waals surface area contributed by atoms with Crippen molar-refractivity contribution in [2.24, 2.45) is 0 Å². The summed E-state index contributed by atoms with van der Waals surface area (Å²) in [6, 6.07) is 0. The molecule has 0 saturated carbocycles. The topological polar surface area (TPSA) is 331 Å². The predicted octanol–water partition coefficient (Wildman–Crippen LogP) is -1.02. The summed E-state index contributed by atoms with van der Waals surface area (Å²) in [4.78, 5) is 73.7. The van der Waals surface area contributed by atoms with Crippen LogP contribution in [0.2, 0.25) is 0 Å².